The van der Waals surface area contributed by atoms with Gasteiger partial charge in [0.05, 0.1) is 19.9 Å². The van der Waals surface area contributed by atoms with Gasteiger partial charge in [0, 0.05) is 6.42 Å². The lowest BCUT2D eigenvalue weighted by atomic mass is 9.49. The number of carbonyl (C=O) groups excluding carboxylic acids is 1. The van der Waals surface area contributed by atoms with Crippen LogP contribution in [0.15, 0.2) is 23.3 Å². The average Bonchev–Trinajstić information content (AvgIpc) is 2.67. The third kappa shape index (κ3) is 4.98. The van der Waals surface area contributed by atoms with E-state index in [1.54, 1.807) is 13.3 Å². The Morgan fingerprint density at radius 2 is 1.83 bits per heavy atom. The summed E-state index contributed by atoms with van der Waals surface area (Å²) in [5.74, 6) is 4.66. The van der Waals surface area contributed by atoms with E-state index in [1.807, 2.05) is 18.2 Å². The lowest BCUT2D eigenvalue weighted by molar-refractivity contribution is -0.129. The van der Waals surface area contributed by atoms with Crippen LogP contribution in [0.25, 0.3) is 0 Å². The lowest BCUT2D eigenvalue weighted by Gasteiger charge is -2.56. The molecule has 0 unspecified atom stereocenters. The van der Waals surface area contributed by atoms with Gasteiger partial charge < -0.3 is 9.47 Å². The van der Waals surface area contributed by atoms with E-state index in [0.29, 0.717) is 24.7 Å². The lowest BCUT2D eigenvalue weighted by Crippen LogP contribution is -2.47. The van der Waals surface area contributed by atoms with Crippen LogP contribution in [-0.4, -0.2) is 25.8 Å². The number of carbonyl (C=O) groups is 1. The van der Waals surface area contributed by atoms with Gasteiger partial charge in [0.1, 0.15) is 0 Å². The summed E-state index contributed by atoms with van der Waals surface area (Å²) in [4.78, 5) is 12.6. The summed E-state index contributed by atoms with van der Waals surface area (Å²) in [6, 6.07) is 5.72. The van der Waals surface area contributed by atoms with Crippen LogP contribution < -0.4 is 14.9 Å². The molecule has 0 aliphatic heterocycles. The van der Waals surface area contributed by atoms with E-state index >= 15 is 0 Å². The molecule has 0 atom stereocenters. The van der Waals surface area contributed by atoms with Crippen molar-refractivity contribution < 1.29 is 14.3 Å². The van der Waals surface area contributed by atoms with Crippen LogP contribution in [0.3, 0.4) is 0 Å². The molecule has 4 saturated carbocycles. The summed E-state index contributed by atoms with van der Waals surface area (Å²) in [5.41, 5.74) is 3.88. The molecule has 5 nitrogen and oxygen atoms in total. The van der Waals surface area contributed by atoms with Gasteiger partial charge in [-0.2, -0.15) is 5.10 Å². The number of amides is 1. The molecule has 0 radical (unpaired) electrons. The Balaban J connectivity index is 1.30. The molecule has 1 amide bonds. The van der Waals surface area contributed by atoms with Crippen molar-refractivity contribution in [2.24, 2.45) is 34.2 Å². The zero-order valence-corrected chi connectivity index (χ0v) is 18.7. The summed E-state index contributed by atoms with van der Waals surface area (Å²) in [6.07, 6.45) is 11.2. The molecule has 5 heteroatoms. The van der Waals surface area contributed by atoms with E-state index in [1.165, 1.54) is 38.5 Å². The largest absolute Gasteiger partial charge is 0.493 e. The number of nitrogens with one attached hydrogen (secondary N) is 1. The number of hydrogen-bond donors (Lipinski definition) is 1. The molecule has 1 aromatic carbocycles. The molecule has 0 spiro atoms. The van der Waals surface area contributed by atoms with Crippen molar-refractivity contribution >= 4 is 12.1 Å². The summed E-state index contributed by atoms with van der Waals surface area (Å²) < 4.78 is 11.3. The molecule has 0 heterocycles. The molecule has 5 rings (SSSR count). The van der Waals surface area contributed by atoms with Gasteiger partial charge >= 0.3 is 0 Å². The number of hydrogen-bond acceptors (Lipinski definition) is 4. The third-order valence-electron chi connectivity index (χ3n) is 7.24. The zero-order chi connectivity index (χ0) is 21.1. The van der Waals surface area contributed by atoms with Crippen LogP contribution in [-0.2, 0) is 4.79 Å². The van der Waals surface area contributed by atoms with Crippen LogP contribution >= 0.6 is 0 Å². The fourth-order valence-electron chi connectivity index (χ4n) is 6.35. The SMILES string of the molecule is COc1cc(/C=N\NC(=O)CC23CC4CC(CC(C4)C2)C3)ccc1OCCC(C)C. The van der Waals surface area contributed by atoms with Crippen LogP contribution in [0, 0.1) is 29.1 Å². The highest BCUT2D eigenvalue weighted by Crippen LogP contribution is 2.61. The number of methoxy groups -OCH3 is 1. The van der Waals surface area contributed by atoms with Gasteiger partial charge in [-0.05, 0) is 97.8 Å². The number of benzene rings is 1. The van der Waals surface area contributed by atoms with Crippen LogP contribution in [0.1, 0.15) is 70.8 Å². The first-order chi connectivity index (χ1) is 14.4. The van der Waals surface area contributed by atoms with Crippen molar-refractivity contribution in [1.82, 2.24) is 5.43 Å². The van der Waals surface area contributed by atoms with Crippen molar-refractivity contribution in [3.05, 3.63) is 23.8 Å². The minimum atomic E-state index is 0.0498. The molecular weight excluding hydrogens is 376 g/mol. The van der Waals surface area contributed by atoms with Crippen molar-refractivity contribution in [1.29, 1.82) is 0 Å². The van der Waals surface area contributed by atoms with E-state index < -0.39 is 0 Å². The normalized spacial score (nSPS) is 29.5. The fraction of sp³-hybridized carbons (Fsp3) is 0.680. The molecule has 4 aliphatic rings. The number of ether oxygens (including phenoxy) is 2. The monoisotopic (exact) mass is 412 g/mol. The second kappa shape index (κ2) is 8.99. The second-order valence-corrected chi connectivity index (χ2v) is 10.3. The molecule has 0 aromatic heterocycles. The van der Waals surface area contributed by atoms with E-state index in [2.05, 4.69) is 24.4 Å². The maximum atomic E-state index is 12.6. The van der Waals surface area contributed by atoms with Gasteiger partial charge in [-0.25, -0.2) is 5.43 Å². The van der Waals surface area contributed by atoms with Crippen LogP contribution in [0.4, 0.5) is 0 Å². The molecule has 4 fully saturated rings. The minimum absolute atomic E-state index is 0.0498. The highest BCUT2D eigenvalue weighted by atomic mass is 16.5. The van der Waals surface area contributed by atoms with Gasteiger partial charge in [-0.15, -0.1) is 0 Å². The predicted molar refractivity (Wildman–Crippen MR) is 119 cm³/mol. The maximum Gasteiger partial charge on any atom is 0.240 e. The Morgan fingerprint density at radius 1 is 1.17 bits per heavy atom. The molecule has 0 saturated heterocycles. The van der Waals surface area contributed by atoms with E-state index in [4.69, 9.17) is 9.47 Å². The third-order valence-corrected chi connectivity index (χ3v) is 7.24. The maximum absolute atomic E-state index is 12.6. The standard InChI is InChI=1S/C25H36N2O3/c1-17(2)6-7-30-22-5-4-18(11-23(22)29-3)16-26-27-24(28)15-25-12-19-8-20(13-25)10-21(9-19)14-25/h4-5,11,16-17,19-21H,6-10,12-15H2,1-3H3,(H,27,28)/b26-16-. The van der Waals surface area contributed by atoms with Gasteiger partial charge in [0.15, 0.2) is 11.5 Å². The first-order valence-corrected chi connectivity index (χ1v) is 11.6. The van der Waals surface area contributed by atoms with Gasteiger partial charge in [0.2, 0.25) is 5.91 Å². The Labute approximate surface area is 180 Å². The average molecular weight is 413 g/mol. The fourth-order valence-corrected chi connectivity index (χ4v) is 6.35. The highest BCUT2D eigenvalue weighted by molar-refractivity contribution is 5.83. The quantitative estimate of drug-likeness (QED) is 0.449. The van der Waals surface area contributed by atoms with E-state index in [9.17, 15) is 4.79 Å². The first-order valence-electron chi connectivity index (χ1n) is 11.6. The molecule has 1 aromatic rings. The Bertz CT molecular complexity index is 751. The summed E-state index contributed by atoms with van der Waals surface area (Å²) in [6.45, 7) is 5.02. The molecule has 4 aliphatic carbocycles. The topological polar surface area (TPSA) is 59.9 Å². The van der Waals surface area contributed by atoms with Crippen LogP contribution in [0.5, 0.6) is 11.5 Å². The van der Waals surface area contributed by atoms with Gasteiger partial charge in [-0.1, -0.05) is 13.8 Å². The van der Waals surface area contributed by atoms with Crippen molar-refractivity contribution in [2.45, 2.75) is 65.2 Å². The number of nitrogens with zero attached hydrogens (tertiary/aromatic N) is 1. The molecule has 1 N–H and O–H groups in total. The summed E-state index contributed by atoms with van der Waals surface area (Å²) >= 11 is 0. The predicted octanol–water partition coefficient (Wildman–Crippen LogP) is 5.18. The van der Waals surface area contributed by atoms with Gasteiger partial charge in [0.25, 0.3) is 0 Å². The minimum Gasteiger partial charge on any atom is -0.493 e. The number of hydrazone groups is 1. The molecular formula is C25H36N2O3. The summed E-state index contributed by atoms with van der Waals surface area (Å²) in [7, 11) is 1.64. The zero-order valence-electron chi connectivity index (χ0n) is 18.7. The van der Waals surface area contributed by atoms with Crippen molar-refractivity contribution in [3.63, 3.8) is 0 Å². The van der Waals surface area contributed by atoms with E-state index in [0.717, 1.165) is 35.5 Å². The highest BCUT2D eigenvalue weighted by Gasteiger charge is 2.51. The van der Waals surface area contributed by atoms with Gasteiger partial charge in [-0.3, -0.25) is 4.79 Å². The molecule has 164 valence electrons. The molecule has 4 bridgehead atoms. The molecule has 30 heavy (non-hydrogen) atoms. The Kier molecular flexibility index (Phi) is 6.35. The van der Waals surface area contributed by atoms with E-state index in [-0.39, 0.29) is 11.3 Å². The summed E-state index contributed by atoms with van der Waals surface area (Å²) in [5, 5.41) is 4.21. The number of rotatable bonds is 9. The smallest absolute Gasteiger partial charge is 0.240 e. The second-order valence-electron chi connectivity index (χ2n) is 10.3. The van der Waals surface area contributed by atoms with Crippen molar-refractivity contribution in [2.75, 3.05) is 13.7 Å². The van der Waals surface area contributed by atoms with Crippen molar-refractivity contribution in [3.8, 4) is 11.5 Å². The van der Waals surface area contributed by atoms with Crippen LogP contribution in [0.2, 0.25) is 0 Å². The first kappa shape index (κ1) is 21.2. The Hall–Kier alpha value is -2.04. The Morgan fingerprint density at radius 3 is 2.43 bits per heavy atom.